The number of halogens is 1. The Morgan fingerprint density at radius 3 is 2.56 bits per heavy atom. The van der Waals surface area contributed by atoms with Gasteiger partial charge in [-0.25, -0.2) is 0 Å². The number of benzene rings is 1. The fourth-order valence-electron chi connectivity index (χ4n) is 1.60. The number of nitrogens with zero attached hydrogens (tertiary/aromatic N) is 1. The average Bonchev–Trinajstić information content (AvgIpc) is 2.41. The van der Waals surface area contributed by atoms with E-state index in [0.717, 1.165) is 21.4 Å². The maximum atomic E-state index is 5.65. The zero-order valence-electron chi connectivity index (χ0n) is 9.97. The summed E-state index contributed by atoms with van der Waals surface area (Å²) in [7, 11) is 0. The Bertz CT molecular complexity index is 517. The molecule has 0 fully saturated rings. The quantitative estimate of drug-likeness (QED) is 0.923. The van der Waals surface area contributed by atoms with Crippen molar-refractivity contribution in [3.63, 3.8) is 0 Å². The van der Waals surface area contributed by atoms with Crippen LogP contribution in [0, 0.1) is 0 Å². The Kier molecular flexibility index (Phi) is 4.87. The summed E-state index contributed by atoms with van der Waals surface area (Å²) in [6, 6.07) is 13.8. The minimum atomic E-state index is 0.456. The van der Waals surface area contributed by atoms with Crippen LogP contribution in [0.5, 0.6) is 0 Å². The molecule has 0 bridgehead atoms. The van der Waals surface area contributed by atoms with Crippen LogP contribution in [0.2, 0.25) is 0 Å². The first-order valence-electron chi connectivity index (χ1n) is 5.75. The number of hydrogen-bond donors (Lipinski definition) is 1. The zero-order valence-corrected chi connectivity index (χ0v) is 11.6. The maximum Gasteiger partial charge on any atom is 0.0892 e. The zero-order chi connectivity index (χ0) is 12.8. The number of hydrogen-bond acceptors (Lipinski definition) is 3. The Hall–Kier alpha value is -1.23. The van der Waals surface area contributed by atoms with Crippen LogP contribution in [-0.2, 0) is 24.5 Å². The molecule has 0 saturated heterocycles. The van der Waals surface area contributed by atoms with E-state index in [0.29, 0.717) is 19.8 Å². The molecule has 0 aliphatic rings. The molecule has 2 rings (SSSR count). The van der Waals surface area contributed by atoms with Gasteiger partial charge in [0.05, 0.1) is 24.6 Å². The third-order valence-electron chi connectivity index (χ3n) is 2.54. The van der Waals surface area contributed by atoms with Crippen LogP contribution in [0.4, 0.5) is 0 Å². The first-order valence-corrected chi connectivity index (χ1v) is 6.55. The van der Waals surface area contributed by atoms with Crippen molar-refractivity contribution in [3.05, 3.63) is 63.9 Å². The minimum Gasteiger partial charge on any atom is -0.370 e. The number of aromatic nitrogens is 1. The van der Waals surface area contributed by atoms with Crippen LogP contribution in [0.3, 0.4) is 0 Å². The van der Waals surface area contributed by atoms with Crippen molar-refractivity contribution in [1.82, 2.24) is 4.98 Å². The summed E-state index contributed by atoms with van der Waals surface area (Å²) in [6.07, 6.45) is 0. The van der Waals surface area contributed by atoms with Gasteiger partial charge in [0.25, 0.3) is 0 Å². The van der Waals surface area contributed by atoms with E-state index in [4.69, 9.17) is 10.5 Å². The van der Waals surface area contributed by atoms with Gasteiger partial charge in [0.1, 0.15) is 0 Å². The molecule has 1 aromatic heterocycles. The Morgan fingerprint density at radius 2 is 1.78 bits per heavy atom. The van der Waals surface area contributed by atoms with Crippen molar-refractivity contribution < 1.29 is 4.74 Å². The smallest absolute Gasteiger partial charge is 0.0892 e. The predicted molar refractivity (Wildman–Crippen MR) is 74.8 cm³/mol. The van der Waals surface area contributed by atoms with E-state index >= 15 is 0 Å². The van der Waals surface area contributed by atoms with Gasteiger partial charge in [0.2, 0.25) is 0 Å². The third kappa shape index (κ3) is 3.63. The molecule has 0 unspecified atom stereocenters. The Balaban J connectivity index is 1.90. The lowest BCUT2D eigenvalue weighted by Gasteiger charge is -2.06. The van der Waals surface area contributed by atoms with E-state index in [2.05, 4.69) is 20.9 Å². The van der Waals surface area contributed by atoms with Crippen molar-refractivity contribution in [2.24, 2.45) is 5.73 Å². The molecule has 0 aliphatic heterocycles. The topological polar surface area (TPSA) is 48.1 Å². The lowest BCUT2D eigenvalue weighted by molar-refractivity contribution is 0.104. The van der Waals surface area contributed by atoms with Crippen LogP contribution in [0.25, 0.3) is 0 Å². The van der Waals surface area contributed by atoms with Crippen molar-refractivity contribution >= 4 is 15.9 Å². The van der Waals surface area contributed by atoms with Crippen molar-refractivity contribution in [3.8, 4) is 0 Å². The van der Waals surface area contributed by atoms with Gasteiger partial charge in [-0.3, -0.25) is 4.98 Å². The van der Waals surface area contributed by atoms with Crippen molar-refractivity contribution in [2.75, 3.05) is 0 Å². The molecular weight excluding hydrogens is 292 g/mol. The predicted octanol–water partition coefficient (Wildman–Crippen LogP) is 3.02. The number of pyridine rings is 1. The summed E-state index contributed by atoms with van der Waals surface area (Å²) in [5, 5.41) is 0. The van der Waals surface area contributed by atoms with Crippen LogP contribution in [0.15, 0.2) is 46.9 Å². The third-order valence-corrected chi connectivity index (χ3v) is 3.31. The van der Waals surface area contributed by atoms with Gasteiger partial charge in [0.15, 0.2) is 0 Å². The molecule has 0 spiro atoms. The molecule has 0 amide bonds. The Morgan fingerprint density at radius 1 is 1.00 bits per heavy atom. The van der Waals surface area contributed by atoms with Crippen LogP contribution >= 0.6 is 15.9 Å². The molecule has 0 atom stereocenters. The van der Waals surface area contributed by atoms with Crippen LogP contribution < -0.4 is 5.73 Å². The molecule has 0 saturated carbocycles. The second-order valence-electron chi connectivity index (χ2n) is 3.91. The second kappa shape index (κ2) is 6.64. The fraction of sp³-hybridized carbons (Fsp3) is 0.214. The van der Waals surface area contributed by atoms with Gasteiger partial charge in [-0.15, -0.1) is 0 Å². The SMILES string of the molecule is NCc1cccc(COCc2ccccc2Br)n1. The van der Waals surface area contributed by atoms with E-state index in [1.54, 1.807) is 0 Å². The standard InChI is InChI=1S/C14H15BrN2O/c15-14-7-2-1-4-11(14)9-18-10-13-6-3-5-12(8-16)17-13/h1-7H,8-10,16H2. The molecule has 18 heavy (non-hydrogen) atoms. The first-order chi connectivity index (χ1) is 8.79. The van der Waals surface area contributed by atoms with E-state index in [1.807, 2.05) is 42.5 Å². The number of nitrogens with two attached hydrogens (primary N) is 1. The maximum absolute atomic E-state index is 5.65. The van der Waals surface area contributed by atoms with Gasteiger partial charge >= 0.3 is 0 Å². The lowest BCUT2D eigenvalue weighted by atomic mass is 10.2. The monoisotopic (exact) mass is 306 g/mol. The van der Waals surface area contributed by atoms with Crippen LogP contribution in [0.1, 0.15) is 17.0 Å². The fourth-order valence-corrected chi connectivity index (χ4v) is 2.00. The number of ether oxygens (including phenoxy) is 1. The second-order valence-corrected chi connectivity index (χ2v) is 4.76. The largest absolute Gasteiger partial charge is 0.370 e. The van der Waals surface area contributed by atoms with Gasteiger partial charge < -0.3 is 10.5 Å². The summed E-state index contributed by atoms with van der Waals surface area (Å²) in [6.45, 7) is 1.52. The van der Waals surface area contributed by atoms with E-state index in [1.165, 1.54) is 0 Å². The summed E-state index contributed by atoms with van der Waals surface area (Å²) in [4.78, 5) is 4.38. The van der Waals surface area contributed by atoms with E-state index in [-0.39, 0.29) is 0 Å². The molecule has 1 aromatic carbocycles. The van der Waals surface area contributed by atoms with Crippen LogP contribution in [-0.4, -0.2) is 4.98 Å². The lowest BCUT2D eigenvalue weighted by Crippen LogP contribution is -2.03. The highest BCUT2D eigenvalue weighted by atomic mass is 79.9. The molecule has 0 aliphatic carbocycles. The normalized spacial score (nSPS) is 10.6. The molecule has 2 aromatic rings. The minimum absolute atomic E-state index is 0.456. The molecular formula is C14H15BrN2O. The van der Waals surface area contributed by atoms with E-state index < -0.39 is 0 Å². The highest BCUT2D eigenvalue weighted by Crippen LogP contribution is 2.17. The van der Waals surface area contributed by atoms with Gasteiger partial charge in [-0.1, -0.05) is 40.2 Å². The van der Waals surface area contributed by atoms with Gasteiger partial charge in [-0.05, 0) is 23.8 Å². The highest BCUT2D eigenvalue weighted by molar-refractivity contribution is 9.10. The number of rotatable bonds is 5. The van der Waals surface area contributed by atoms with E-state index in [9.17, 15) is 0 Å². The highest BCUT2D eigenvalue weighted by Gasteiger charge is 2.00. The molecule has 3 nitrogen and oxygen atoms in total. The summed E-state index contributed by atoms with van der Waals surface area (Å²) in [5.41, 5.74) is 8.47. The van der Waals surface area contributed by atoms with Crippen molar-refractivity contribution in [2.45, 2.75) is 19.8 Å². The molecule has 4 heteroatoms. The first kappa shape index (κ1) is 13.2. The average molecular weight is 307 g/mol. The van der Waals surface area contributed by atoms with Gasteiger partial charge in [0, 0.05) is 11.0 Å². The summed E-state index contributed by atoms with van der Waals surface area (Å²) < 4.78 is 6.72. The summed E-state index contributed by atoms with van der Waals surface area (Å²) >= 11 is 3.49. The Labute approximate surface area is 115 Å². The molecule has 94 valence electrons. The molecule has 1 heterocycles. The summed E-state index contributed by atoms with van der Waals surface area (Å²) in [5.74, 6) is 0. The molecule has 2 N–H and O–H groups in total. The van der Waals surface area contributed by atoms with Crippen molar-refractivity contribution in [1.29, 1.82) is 0 Å². The molecule has 0 radical (unpaired) electrons. The van der Waals surface area contributed by atoms with Gasteiger partial charge in [-0.2, -0.15) is 0 Å².